The van der Waals surface area contributed by atoms with Gasteiger partial charge in [-0.2, -0.15) is 0 Å². The fourth-order valence-electron chi connectivity index (χ4n) is 3.12. The van der Waals surface area contributed by atoms with E-state index < -0.39 is 22.0 Å². The quantitative estimate of drug-likeness (QED) is 0.831. The van der Waals surface area contributed by atoms with Crippen molar-refractivity contribution in [1.29, 1.82) is 0 Å². The Balaban J connectivity index is 2.16. The number of rotatable bonds is 6. The predicted molar refractivity (Wildman–Crippen MR) is 86.7 cm³/mol. The van der Waals surface area contributed by atoms with Crippen LogP contribution < -0.4 is 10.0 Å². The number of sulfonamides is 1. The third-order valence-corrected chi connectivity index (χ3v) is 4.94. The lowest BCUT2D eigenvalue weighted by Crippen LogP contribution is -2.46. The summed E-state index contributed by atoms with van der Waals surface area (Å²) in [5.74, 6) is -0.509. The highest BCUT2D eigenvalue weighted by Gasteiger charge is 2.29. The summed E-state index contributed by atoms with van der Waals surface area (Å²) in [7, 11) is -3.47. The largest absolute Gasteiger partial charge is 0.348 e. The molecule has 0 saturated heterocycles. The number of amides is 1. The van der Waals surface area contributed by atoms with E-state index in [9.17, 15) is 17.6 Å². The van der Waals surface area contributed by atoms with Crippen LogP contribution in [-0.4, -0.2) is 26.6 Å². The number of carbonyl (C=O) groups is 1. The minimum Gasteiger partial charge on any atom is -0.348 e. The smallest absolute Gasteiger partial charge is 0.238 e. The molecule has 23 heavy (non-hydrogen) atoms. The van der Waals surface area contributed by atoms with Crippen LogP contribution in [0.3, 0.4) is 0 Å². The van der Waals surface area contributed by atoms with Crippen molar-refractivity contribution in [1.82, 2.24) is 10.0 Å². The topological polar surface area (TPSA) is 75.3 Å². The molecule has 2 atom stereocenters. The molecule has 1 aromatic carbocycles. The maximum atomic E-state index is 13.5. The number of hydrogen-bond acceptors (Lipinski definition) is 3. The SMILES string of the molecule is CC(NS(C)(=O)=O)C(=O)NC(c1cccc(F)c1)C1CCCC1. The van der Waals surface area contributed by atoms with Crippen LogP contribution in [-0.2, 0) is 14.8 Å². The lowest BCUT2D eigenvalue weighted by atomic mass is 9.91. The van der Waals surface area contributed by atoms with Gasteiger partial charge in [-0.3, -0.25) is 4.79 Å². The first-order valence-electron chi connectivity index (χ1n) is 7.79. The first kappa shape index (κ1) is 17.9. The van der Waals surface area contributed by atoms with E-state index >= 15 is 0 Å². The highest BCUT2D eigenvalue weighted by atomic mass is 32.2. The molecule has 128 valence electrons. The Morgan fingerprint density at radius 3 is 2.52 bits per heavy atom. The Morgan fingerprint density at radius 2 is 1.96 bits per heavy atom. The second-order valence-corrected chi connectivity index (χ2v) is 7.98. The molecule has 2 unspecified atom stereocenters. The zero-order valence-electron chi connectivity index (χ0n) is 13.4. The summed E-state index contributed by atoms with van der Waals surface area (Å²) in [4.78, 5) is 12.3. The molecule has 0 spiro atoms. The van der Waals surface area contributed by atoms with Crippen LogP contribution >= 0.6 is 0 Å². The maximum Gasteiger partial charge on any atom is 0.238 e. The van der Waals surface area contributed by atoms with Crippen molar-refractivity contribution >= 4 is 15.9 Å². The third-order valence-electron chi connectivity index (χ3n) is 4.16. The van der Waals surface area contributed by atoms with Crippen LogP contribution in [0.2, 0.25) is 0 Å². The van der Waals surface area contributed by atoms with Gasteiger partial charge in [-0.05, 0) is 43.4 Å². The molecule has 1 aromatic rings. The summed E-state index contributed by atoms with van der Waals surface area (Å²) in [5.41, 5.74) is 0.719. The standard InChI is InChI=1S/C16H23FN2O3S/c1-11(19-23(2,21)22)16(20)18-15(12-6-3-4-7-12)13-8-5-9-14(17)10-13/h5,8-12,15,19H,3-4,6-7H2,1-2H3,(H,18,20). The van der Waals surface area contributed by atoms with Crippen LogP contribution in [0.5, 0.6) is 0 Å². The van der Waals surface area contributed by atoms with E-state index in [1.165, 1.54) is 19.1 Å². The number of carbonyl (C=O) groups excluding carboxylic acids is 1. The fraction of sp³-hybridized carbons (Fsp3) is 0.562. The van der Waals surface area contributed by atoms with E-state index in [0.29, 0.717) is 0 Å². The van der Waals surface area contributed by atoms with Gasteiger partial charge < -0.3 is 5.32 Å². The summed E-state index contributed by atoms with van der Waals surface area (Å²) in [6, 6.07) is 5.03. The molecular formula is C16H23FN2O3S. The maximum absolute atomic E-state index is 13.5. The Morgan fingerprint density at radius 1 is 1.30 bits per heavy atom. The van der Waals surface area contributed by atoms with Gasteiger partial charge in [0.1, 0.15) is 5.82 Å². The molecule has 1 saturated carbocycles. The van der Waals surface area contributed by atoms with Gasteiger partial charge in [0.15, 0.2) is 0 Å². The van der Waals surface area contributed by atoms with E-state index in [2.05, 4.69) is 10.0 Å². The van der Waals surface area contributed by atoms with E-state index in [1.807, 2.05) is 0 Å². The van der Waals surface area contributed by atoms with Gasteiger partial charge in [0.2, 0.25) is 15.9 Å². The summed E-state index contributed by atoms with van der Waals surface area (Å²) >= 11 is 0. The van der Waals surface area contributed by atoms with Crippen molar-refractivity contribution in [3.8, 4) is 0 Å². The lowest BCUT2D eigenvalue weighted by molar-refractivity contribution is -0.123. The van der Waals surface area contributed by atoms with Crippen LogP contribution in [0.1, 0.15) is 44.2 Å². The van der Waals surface area contributed by atoms with E-state index in [0.717, 1.165) is 37.5 Å². The molecule has 1 aliphatic carbocycles. The third kappa shape index (κ3) is 5.28. The summed E-state index contributed by atoms with van der Waals surface area (Å²) < 4.78 is 38.3. The minimum atomic E-state index is -3.47. The van der Waals surface area contributed by atoms with Gasteiger partial charge in [-0.25, -0.2) is 17.5 Å². The van der Waals surface area contributed by atoms with Crippen LogP contribution in [0.4, 0.5) is 4.39 Å². The molecule has 0 aromatic heterocycles. The monoisotopic (exact) mass is 342 g/mol. The highest BCUT2D eigenvalue weighted by Crippen LogP contribution is 2.35. The average molecular weight is 342 g/mol. The Kier molecular flexibility index (Phi) is 5.75. The molecule has 1 aliphatic rings. The summed E-state index contributed by atoms with van der Waals surface area (Å²) in [6.45, 7) is 1.49. The molecule has 7 heteroatoms. The highest BCUT2D eigenvalue weighted by molar-refractivity contribution is 7.88. The van der Waals surface area contributed by atoms with Crippen LogP contribution in [0.25, 0.3) is 0 Å². The first-order valence-corrected chi connectivity index (χ1v) is 9.68. The van der Waals surface area contributed by atoms with Crippen molar-refractivity contribution in [3.05, 3.63) is 35.6 Å². The Hall–Kier alpha value is -1.47. The van der Waals surface area contributed by atoms with Gasteiger partial charge >= 0.3 is 0 Å². The predicted octanol–water partition coefficient (Wildman–Crippen LogP) is 2.11. The average Bonchev–Trinajstić information content (AvgIpc) is 2.96. The lowest BCUT2D eigenvalue weighted by Gasteiger charge is -2.27. The van der Waals surface area contributed by atoms with Crippen molar-refractivity contribution in [2.75, 3.05) is 6.26 Å². The van der Waals surface area contributed by atoms with E-state index in [4.69, 9.17) is 0 Å². The van der Waals surface area contributed by atoms with Gasteiger partial charge in [-0.15, -0.1) is 0 Å². The normalized spacial score (nSPS) is 18.6. The second kappa shape index (κ2) is 7.40. The van der Waals surface area contributed by atoms with E-state index in [1.54, 1.807) is 12.1 Å². The van der Waals surface area contributed by atoms with Crippen molar-refractivity contribution < 1.29 is 17.6 Å². The molecular weight excluding hydrogens is 319 g/mol. The minimum absolute atomic E-state index is 0.242. The van der Waals surface area contributed by atoms with E-state index in [-0.39, 0.29) is 17.8 Å². The van der Waals surface area contributed by atoms with Gasteiger partial charge in [0.05, 0.1) is 18.3 Å². The molecule has 2 rings (SSSR count). The Labute approximate surface area is 136 Å². The number of halogens is 1. The summed E-state index contributed by atoms with van der Waals surface area (Å²) in [5, 5.41) is 2.89. The molecule has 1 fully saturated rings. The molecule has 0 radical (unpaired) electrons. The first-order chi connectivity index (χ1) is 10.8. The van der Waals surface area contributed by atoms with Gasteiger partial charge in [0, 0.05) is 0 Å². The summed E-state index contributed by atoms with van der Waals surface area (Å²) in [6.07, 6.45) is 5.12. The Bertz CT molecular complexity index is 657. The number of hydrogen-bond donors (Lipinski definition) is 2. The van der Waals surface area contributed by atoms with Crippen LogP contribution in [0, 0.1) is 11.7 Å². The number of nitrogens with one attached hydrogen (secondary N) is 2. The van der Waals surface area contributed by atoms with Crippen molar-refractivity contribution in [2.24, 2.45) is 5.92 Å². The molecule has 2 N–H and O–H groups in total. The second-order valence-electron chi connectivity index (χ2n) is 6.20. The van der Waals surface area contributed by atoms with Gasteiger partial charge in [-0.1, -0.05) is 25.0 Å². The van der Waals surface area contributed by atoms with Crippen LogP contribution in [0.15, 0.2) is 24.3 Å². The molecule has 5 nitrogen and oxygen atoms in total. The van der Waals surface area contributed by atoms with Crippen molar-refractivity contribution in [2.45, 2.75) is 44.7 Å². The molecule has 0 bridgehead atoms. The molecule has 0 aliphatic heterocycles. The fourth-order valence-corrected chi connectivity index (χ4v) is 3.87. The zero-order chi connectivity index (χ0) is 17.0. The molecule has 1 amide bonds. The number of benzene rings is 1. The zero-order valence-corrected chi connectivity index (χ0v) is 14.2. The van der Waals surface area contributed by atoms with Crippen molar-refractivity contribution in [3.63, 3.8) is 0 Å². The van der Waals surface area contributed by atoms with Gasteiger partial charge in [0.25, 0.3) is 0 Å². The molecule has 0 heterocycles.